The number of hydrogen-bond donors (Lipinski definition) is 3. The Balaban J connectivity index is 2.02. The van der Waals surface area contributed by atoms with E-state index in [2.05, 4.69) is 20.5 Å². The Kier molecular flexibility index (Phi) is 3.60. The number of anilines is 1. The first-order valence-corrected chi connectivity index (χ1v) is 5.67. The number of nitrogens with zero attached hydrogens (tertiary/aromatic N) is 3. The number of amides is 1. The van der Waals surface area contributed by atoms with E-state index in [4.69, 9.17) is 5.73 Å². The van der Waals surface area contributed by atoms with Gasteiger partial charge in [0.05, 0.1) is 6.04 Å². The van der Waals surface area contributed by atoms with Crippen molar-refractivity contribution in [3.63, 3.8) is 0 Å². The van der Waals surface area contributed by atoms with Gasteiger partial charge in [-0.2, -0.15) is 5.10 Å². The van der Waals surface area contributed by atoms with E-state index in [1.165, 1.54) is 29.2 Å². The molecular formula is C11H14N6O2. The van der Waals surface area contributed by atoms with Gasteiger partial charge in [-0.25, -0.2) is 4.98 Å². The van der Waals surface area contributed by atoms with Crippen LogP contribution in [0.1, 0.15) is 18.8 Å². The first-order chi connectivity index (χ1) is 9.06. The summed E-state index contributed by atoms with van der Waals surface area (Å²) in [4.78, 5) is 27.3. The first kappa shape index (κ1) is 12.8. The Morgan fingerprint density at radius 3 is 3.05 bits per heavy atom. The highest BCUT2D eigenvalue weighted by Gasteiger charge is 2.12. The summed E-state index contributed by atoms with van der Waals surface area (Å²) in [5, 5.41) is 9.07. The van der Waals surface area contributed by atoms with Crippen molar-refractivity contribution in [3.8, 4) is 0 Å². The summed E-state index contributed by atoms with van der Waals surface area (Å²) >= 11 is 0. The molecular weight excluding hydrogens is 248 g/mol. The van der Waals surface area contributed by atoms with E-state index in [1.54, 1.807) is 6.92 Å². The molecule has 2 aromatic rings. The SMILES string of the molecule is CC(NC(=O)Cn1cc(N)ccc1=O)c1ncn[nH]1. The van der Waals surface area contributed by atoms with Gasteiger partial charge in [0.25, 0.3) is 5.56 Å². The second-order valence-corrected chi connectivity index (χ2v) is 4.09. The maximum atomic E-state index is 11.8. The third kappa shape index (κ3) is 3.18. The number of nitrogens with one attached hydrogen (secondary N) is 2. The Bertz CT molecular complexity index is 618. The molecule has 8 nitrogen and oxygen atoms in total. The van der Waals surface area contributed by atoms with Crippen LogP contribution >= 0.6 is 0 Å². The lowest BCUT2D eigenvalue weighted by Gasteiger charge is -2.12. The molecule has 1 amide bonds. The summed E-state index contributed by atoms with van der Waals surface area (Å²) in [6, 6.07) is 2.50. The molecule has 4 N–H and O–H groups in total. The van der Waals surface area contributed by atoms with Gasteiger partial charge in [0, 0.05) is 18.0 Å². The average molecular weight is 262 g/mol. The van der Waals surface area contributed by atoms with Crippen LogP contribution in [-0.4, -0.2) is 25.7 Å². The lowest BCUT2D eigenvalue weighted by molar-refractivity contribution is -0.122. The maximum absolute atomic E-state index is 11.8. The number of nitrogens with two attached hydrogens (primary N) is 1. The van der Waals surface area contributed by atoms with Gasteiger partial charge >= 0.3 is 0 Å². The molecule has 100 valence electrons. The number of H-pyrrole nitrogens is 1. The number of nitrogen functional groups attached to an aromatic ring is 1. The fourth-order valence-corrected chi connectivity index (χ4v) is 1.61. The van der Waals surface area contributed by atoms with Crippen molar-refractivity contribution < 1.29 is 4.79 Å². The van der Waals surface area contributed by atoms with E-state index in [0.29, 0.717) is 11.5 Å². The number of pyridine rings is 1. The van der Waals surface area contributed by atoms with Gasteiger partial charge in [0.15, 0.2) is 0 Å². The summed E-state index contributed by atoms with van der Waals surface area (Å²) in [5.74, 6) is 0.241. The van der Waals surface area contributed by atoms with Gasteiger partial charge in [-0.05, 0) is 13.0 Å². The molecule has 0 aliphatic rings. The number of rotatable bonds is 4. The van der Waals surface area contributed by atoms with Crippen molar-refractivity contribution in [3.05, 3.63) is 40.8 Å². The monoisotopic (exact) mass is 262 g/mol. The lowest BCUT2D eigenvalue weighted by atomic mass is 10.3. The second-order valence-electron chi connectivity index (χ2n) is 4.09. The molecule has 2 rings (SSSR count). The first-order valence-electron chi connectivity index (χ1n) is 5.67. The molecule has 1 atom stereocenters. The second kappa shape index (κ2) is 5.34. The summed E-state index contributed by atoms with van der Waals surface area (Å²) in [7, 11) is 0. The lowest BCUT2D eigenvalue weighted by Crippen LogP contribution is -2.33. The highest BCUT2D eigenvalue weighted by atomic mass is 16.2. The smallest absolute Gasteiger partial charge is 0.251 e. The van der Waals surface area contributed by atoms with Crippen LogP contribution in [0, 0.1) is 0 Å². The maximum Gasteiger partial charge on any atom is 0.251 e. The quantitative estimate of drug-likeness (QED) is 0.681. The van der Waals surface area contributed by atoms with Crippen LogP contribution in [0.25, 0.3) is 0 Å². The Hall–Kier alpha value is -2.64. The molecule has 1 unspecified atom stereocenters. The molecule has 0 fully saturated rings. The van der Waals surface area contributed by atoms with Crippen molar-refractivity contribution in [2.24, 2.45) is 0 Å². The molecule has 8 heteroatoms. The van der Waals surface area contributed by atoms with E-state index in [1.807, 2.05) is 0 Å². The topological polar surface area (TPSA) is 119 Å². The average Bonchev–Trinajstić information content (AvgIpc) is 2.87. The highest BCUT2D eigenvalue weighted by molar-refractivity contribution is 5.76. The zero-order chi connectivity index (χ0) is 13.8. The molecule has 0 aliphatic heterocycles. The van der Waals surface area contributed by atoms with Crippen LogP contribution in [0.5, 0.6) is 0 Å². The Morgan fingerprint density at radius 2 is 2.37 bits per heavy atom. The van der Waals surface area contributed by atoms with Crippen molar-refractivity contribution in [2.75, 3.05) is 5.73 Å². The van der Waals surface area contributed by atoms with Gasteiger partial charge < -0.3 is 15.6 Å². The molecule has 2 heterocycles. The van der Waals surface area contributed by atoms with Gasteiger partial charge in [-0.15, -0.1) is 0 Å². The van der Waals surface area contributed by atoms with Crippen LogP contribution in [-0.2, 0) is 11.3 Å². The van der Waals surface area contributed by atoms with Gasteiger partial charge in [-0.3, -0.25) is 14.7 Å². The molecule has 0 radical (unpaired) electrons. The summed E-state index contributed by atoms with van der Waals surface area (Å²) in [5.41, 5.74) is 5.71. The third-order valence-electron chi connectivity index (χ3n) is 2.54. The van der Waals surface area contributed by atoms with Crippen LogP contribution in [0.2, 0.25) is 0 Å². The van der Waals surface area contributed by atoms with Crippen molar-refractivity contribution in [2.45, 2.75) is 19.5 Å². The molecule has 0 aliphatic carbocycles. The molecule has 0 aromatic carbocycles. The minimum atomic E-state index is -0.313. The van der Waals surface area contributed by atoms with Crippen LogP contribution in [0.15, 0.2) is 29.5 Å². The van der Waals surface area contributed by atoms with Crippen molar-refractivity contribution in [1.29, 1.82) is 0 Å². The Morgan fingerprint density at radius 1 is 1.58 bits per heavy atom. The number of aromatic nitrogens is 4. The summed E-state index contributed by atoms with van der Waals surface area (Å²) in [6.45, 7) is 1.67. The van der Waals surface area contributed by atoms with Gasteiger partial charge in [0.2, 0.25) is 5.91 Å². The molecule has 2 aromatic heterocycles. The van der Waals surface area contributed by atoms with Gasteiger partial charge in [0.1, 0.15) is 18.7 Å². The molecule has 0 spiro atoms. The van der Waals surface area contributed by atoms with Crippen LogP contribution < -0.4 is 16.6 Å². The van der Waals surface area contributed by atoms with E-state index in [-0.39, 0.29) is 24.1 Å². The fraction of sp³-hybridized carbons (Fsp3) is 0.273. The van der Waals surface area contributed by atoms with Crippen molar-refractivity contribution in [1.82, 2.24) is 25.1 Å². The Labute approximate surface area is 108 Å². The number of aromatic amines is 1. The van der Waals surface area contributed by atoms with Crippen LogP contribution in [0.3, 0.4) is 0 Å². The predicted octanol–water partition coefficient (Wildman–Crippen LogP) is -0.574. The number of carbonyl (C=O) groups excluding carboxylic acids is 1. The molecule has 0 saturated carbocycles. The fourth-order valence-electron chi connectivity index (χ4n) is 1.61. The summed E-state index contributed by atoms with van der Waals surface area (Å²) in [6.07, 6.45) is 2.79. The van der Waals surface area contributed by atoms with Gasteiger partial charge in [-0.1, -0.05) is 0 Å². The molecule has 0 saturated heterocycles. The van der Waals surface area contributed by atoms with Crippen LogP contribution in [0.4, 0.5) is 5.69 Å². The van der Waals surface area contributed by atoms with E-state index in [0.717, 1.165) is 0 Å². The van der Waals surface area contributed by atoms with E-state index < -0.39 is 0 Å². The van der Waals surface area contributed by atoms with E-state index in [9.17, 15) is 9.59 Å². The zero-order valence-corrected chi connectivity index (χ0v) is 10.3. The zero-order valence-electron chi connectivity index (χ0n) is 10.3. The predicted molar refractivity (Wildman–Crippen MR) is 68.1 cm³/mol. The summed E-state index contributed by atoms with van der Waals surface area (Å²) < 4.78 is 1.25. The van der Waals surface area contributed by atoms with Crippen molar-refractivity contribution >= 4 is 11.6 Å². The third-order valence-corrected chi connectivity index (χ3v) is 2.54. The molecule has 19 heavy (non-hydrogen) atoms. The number of carbonyl (C=O) groups is 1. The highest BCUT2D eigenvalue weighted by Crippen LogP contribution is 2.03. The largest absolute Gasteiger partial charge is 0.398 e. The number of hydrogen-bond acceptors (Lipinski definition) is 5. The normalized spacial score (nSPS) is 12.1. The minimum Gasteiger partial charge on any atom is -0.398 e. The molecule has 0 bridgehead atoms. The minimum absolute atomic E-state index is 0.0949. The van der Waals surface area contributed by atoms with E-state index >= 15 is 0 Å². The standard InChI is InChI=1S/C11H14N6O2/c1-7(11-13-6-14-16-11)15-9(18)5-17-4-8(12)2-3-10(17)19/h2-4,6-7H,5,12H2,1H3,(H,15,18)(H,13,14,16).